The molecule has 7 heteroatoms. The molecule has 18 heavy (non-hydrogen) atoms. The van der Waals surface area contributed by atoms with Crippen molar-refractivity contribution in [1.82, 2.24) is 14.8 Å². The number of rotatable bonds is 4. The second-order valence-electron chi connectivity index (χ2n) is 3.59. The van der Waals surface area contributed by atoms with Gasteiger partial charge in [-0.2, -0.15) is 0 Å². The van der Waals surface area contributed by atoms with Crippen LogP contribution in [-0.4, -0.2) is 28.5 Å². The number of halogens is 3. The van der Waals surface area contributed by atoms with E-state index in [2.05, 4.69) is 10.2 Å². The molecule has 0 aliphatic carbocycles. The van der Waals surface area contributed by atoms with Crippen molar-refractivity contribution in [2.24, 2.45) is 0 Å². The Kier molecular flexibility index (Phi) is 3.61. The van der Waals surface area contributed by atoms with Gasteiger partial charge in [0.15, 0.2) is 23.3 Å². The maximum absolute atomic E-state index is 13.1. The molecule has 0 saturated carbocycles. The zero-order valence-electron chi connectivity index (χ0n) is 9.53. The average Bonchev–Trinajstić information content (AvgIpc) is 2.81. The number of nitrogens with zero attached hydrogens (tertiary/aromatic N) is 3. The molecule has 0 spiro atoms. The highest BCUT2D eigenvalue weighted by molar-refractivity contribution is 5.55. The van der Waals surface area contributed by atoms with Crippen LogP contribution in [0.15, 0.2) is 18.5 Å². The highest BCUT2D eigenvalue weighted by atomic mass is 19.2. The fraction of sp³-hybridized carbons (Fsp3) is 0.273. The molecule has 4 nitrogen and oxygen atoms in total. The SMILES string of the molecule is COCCn1cnnc1-c1cc(F)c(F)c(F)c1. The van der Waals surface area contributed by atoms with Crippen LogP contribution in [0, 0.1) is 17.5 Å². The van der Waals surface area contributed by atoms with Crippen LogP contribution in [0.2, 0.25) is 0 Å². The van der Waals surface area contributed by atoms with E-state index in [1.54, 1.807) is 4.57 Å². The molecule has 0 radical (unpaired) electrons. The summed E-state index contributed by atoms with van der Waals surface area (Å²) in [5.74, 6) is -3.76. The Hall–Kier alpha value is -1.89. The standard InChI is InChI=1S/C11H10F3N3O/c1-18-3-2-17-6-15-16-11(17)7-4-8(12)10(14)9(13)5-7/h4-6H,2-3H2,1H3. The molecule has 96 valence electrons. The maximum atomic E-state index is 13.1. The summed E-state index contributed by atoms with van der Waals surface area (Å²) in [6.07, 6.45) is 1.41. The van der Waals surface area contributed by atoms with Crippen LogP contribution in [0.25, 0.3) is 11.4 Å². The van der Waals surface area contributed by atoms with Gasteiger partial charge in [0, 0.05) is 19.2 Å². The lowest BCUT2D eigenvalue weighted by molar-refractivity contribution is 0.187. The van der Waals surface area contributed by atoms with Gasteiger partial charge in [0.25, 0.3) is 0 Å². The molecule has 0 bridgehead atoms. The van der Waals surface area contributed by atoms with Crippen LogP contribution in [0.3, 0.4) is 0 Å². The van der Waals surface area contributed by atoms with E-state index in [0.29, 0.717) is 13.2 Å². The van der Waals surface area contributed by atoms with Gasteiger partial charge in [-0.3, -0.25) is 0 Å². The minimum atomic E-state index is -1.50. The minimum absolute atomic E-state index is 0.125. The second kappa shape index (κ2) is 5.18. The van der Waals surface area contributed by atoms with Crippen molar-refractivity contribution in [3.8, 4) is 11.4 Å². The molecule has 0 fully saturated rings. The molecule has 0 aliphatic heterocycles. The van der Waals surface area contributed by atoms with Crippen molar-refractivity contribution >= 4 is 0 Å². The zero-order valence-corrected chi connectivity index (χ0v) is 9.53. The number of ether oxygens (including phenoxy) is 1. The van der Waals surface area contributed by atoms with E-state index in [1.165, 1.54) is 13.4 Å². The highest BCUT2D eigenvalue weighted by Gasteiger charge is 2.15. The first-order chi connectivity index (χ1) is 8.63. The van der Waals surface area contributed by atoms with Crippen molar-refractivity contribution in [1.29, 1.82) is 0 Å². The Bertz CT molecular complexity index is 533. The molecule has 0 atom stereocenters. The van der Waals surface area contributed by atoms with Crippen LogP contribution in [0.4, 0.5) is 13.2 Å². The van der Waals surface area contributed by atoms with Gasteiger partial charge in [-0.1, -0.05) is 0 Å². The Morgan fingerprint density at radius 3 is 2.50 bits per heavy atom. The first-order valence-electron chi connectivity index (χ1n) is 5.15. The number of hydrogen-bond acceptors (Lipinski definition) is 3. The topological polar surface area (TPSA) is 39.9 Å². The molecule has 0 unspecified atom stereocenters. The van der Waals surface area contributed by atoms with Crippen molar-refractivity contribution in [3.63, 3.8) is 0 Å². The summed E-state index contributed by atoms with van der Waals surface area (Å²) in [4.78, 5) is 0. The Morgan fingerprint density at radius 1 is 1.22 bits per heavy atom. The molecule has 0 saturated heterocycles. The molecule has 0 N–H and O–H groups in total. The summed E-state index contributed by atoms with van der Waals surface area (Å²) in [6, 6.07) is 1.76. The van der Waals surface area contributed by atoms with Gasteiger partial charge in [0.05, 0.1) is 6.61 Å². The van der Waals surface area contributed by atoms with Crippen molar-refractivity contribution in [2.75, 3.05) is 13.7 Å². The van der Waals surface area contributed by atoms with E-state index in [-0.39, 0.29) is 11.4 Å². The van der Waals surface area contributed by atoms with E-state index in [0.717, 1.165) is 12.1 Å². The Labute approximate surface area is 101 Å². The van der Waals surface area contributed by atoms with E-state index < -0.39 is 17.5 Å². The van der Waals surface area contributed by atoms with Gasteiger partial charge in [-0.05, 0) is 12.1 Å². The first-order valence-corrected chi connectivity index (χ1v) is 5.15. The first kappa shape index (κ1) is 12.6. The summed E-state index contributed by atoms with van der Waals surface area (Å²) in [6.45, 7) is 0.830. The van der Waals surface area contributed by atoms with Gasteiger partial charge in [-0.25, -0.2) is 13.2 Å². The monoisotopic (exact) mass is 257 g/mol. The molecule has 2 rings (SSSR count). The number of hydrogen-bond donors (Lipinski definition) is 0. The number of methoxy groups -OCH3 is 1. The third-order valence-electron chi connectivity index (χ3n) is 2.39. The van der Waals surface area contributed by atoms with E-state index in [4.69, 9.17) is 4.74 Å². The van der Waals surface area contributed by atoms with Crippen LogP contribution >= 0.6 is 0 Å². The quantitative estimate of drug-likeness (QED) is 0.786. The molecular weight excluding hydrogens is 247 g/mol. The molecular formula is C11H10F3N3O. The molecule has 0 amide bonds. The normalized spacial score (nSPS) is 10.9. The van der Waals surface area contributed by atoms with Gasteiger partial charge < -0.3 is 9.30 Å². The predicted molar refractivity (Wildman–Crippen MR) is 57.2 cm³/mol. The molecule has 0 aliphatic rings. The summed E-state index contributed by atoms with van der Waals surface area (Å²) < 4.78 is 45.5. The molecule has 1 heterocycles. The minimum Gasteiger partial charge on any atom is -0.383 e. The fourth-order valence-electron chi connectivity index (χ4n) is 1.52. The fourth-order valence-corrected chi connectivity index (χ4v) is 1.52. The van der Waals surface area contributed by atoms with E-state index in [1.807, 2.05) is 0 Å². The largest absolute Gasteiger partial charge is 0.383 e. The summed E-state index contributed by atoms with van der Waals surface area (Å²) in [5, 5.41) is 7.40. The number of aromatic nitrogens is 3. The lowest BCUT2D eigenvalue weighted by Gasteiger charge is -2.06. The summed E-state index contributed by atoms with van der Waals surface area (Å²) in [5.41, 5.74) is 0.125. The summed E-state index contributed by atoms with van der Waals surface area (Å²) in [7, 11) is 1.53. The lowest BCUT2D eigenvalue weighted by atomic mass is 10.2. The van der Waals surface area contributed by atoms with Crippen LogP contribution in [0.1, 0.15) is 0 Å². The second-order valence-corrected chi connectivity index (χ2v) is 3.59. The molecule has 1 aromatic carbocycles. The van der Waals surface area contributed by atoms with Crippen molar-refractivity contribution in [3.05, 3.63) is 35.9 Å². The van der Waals surface area contributed by atoms with E-state index >= 15 is 0 Å². The summed E-state index contributed by atoms with van der Waals surface area (Å²) >= 11 is 0. The van der Waals surface area contributed by atoms with Crippen molar-refractivity contribution < 1.29 is 17.9 Å². The maximum Gasteiger partial charge on any atom is 0.194 e. The molecule has 1 aromatic heterocycles. The van der Waals surface area contributed by atoms with Gasteiger partial charge >= 0.3 is 0 Å². The number of benzene rings is 1. The van der Waals surface area contributed by atoms with Crippen LogP contribution in [-0.2, 0) is 11.3 Å². The van der Waals surface area contributed by atoms with Crippen molar-refractivity contribution in [2.45, 2.75) is 6.54 Å². The molecule has 2 aromatic rings. The van der Waals surface area contributed by atoms with Crippen LogP contribution < -0.4 is 0 Å². The van der Waals surface area contributed by atoms with E-state index in [9.17, 15) is 13.2 Å². The zero-order chi connectivity index (χ0) is 13.1. The van der Waals surface area contributed by atoms with Gasteiger partial charge in [0.1, 0.15) is 6.33 Å². The lowest BCUT2D eigenvalue weighted by Crippen LogP contribution is -2.05. The highest BCUT2D eigenvalue weighted by Crippen LogP contribution is 2.21. The third kappa shape index (κ3) is 2.35. The predicted octanol–water partition coefficient (Wildman–Crippen LogP) is 2.01. The van der Waals surface area contributed by atoms with Gasteiger partial charge in [-0.15, -0.1) is 10.2 Å². The Morgan fingerprint density at radius 2 is 1.89 bits per heavy atom. The average molecular weight is 257 g/mol. The van der Waals surface area contributed by atoms with Crippen LogP contribution in [0.5, 0.6) is 0 Å². The smallest absolute Gasteiger partial charge is 0.194 e. The Balaban J connectivity index is 2.40. The van der Waals surface area contributed by atoms with Gasteiger partial charge in [0.2, 0.25) is 0 Å². The third-order valence-corrected chi connectivity index (χ3v) is 2.39.